The molecule has 0 atom stereocenters. The van der Waals surface area contributed by atoms with Crippen molar-refractivity contribution >= 4 is 11.6 Å². The van der Waals surface area contributed by atoms with Crippen LogP contribution in [0, 0.1) is 13.8 Å². The summed E-state index contributed by atoms with van der Waals surface area (Å²) in [5.74, 6) is 1.91. The van der Waals surface area contributed by atoms with Crippen molar-refractivity contribution < 1.29 is 9.53 Å². The fraction of sp³-hybridized carbons (Fsp3) is 0.211. The molecule has 0 aliphatic carbocycles. The second-order valence-electron chi connectivity index (χ2n) is 5.73. The number of benzene rings is 2. The van der Waals surface area contributed by atoms with Gasteiger partial charge in [0.05, 0.1) is 7.11 Å². The molecule has 1 aromatic heterocycles. The highest BCUT2D eigenvalue weighted by atomic mass is 16.5. The van der Waals surface area contributed by atoms with E-state index in [1.54, 1.807) is 36.1 Å². The van der Waals surface area contributed by atoms with Gasteiger partial charge in [-0.3, -0.25) is 4.79 Å². The average molecular weight is 336 g/mol. The maximum atomic E-state index is 12.4. The number of hydrogen-bond acceptors (Lipinski definition) is 4. The monoisotopic (exact) mass is 336 g/mol. The van der Waals surface area contributed by atoms with E-state index >= 15 is 0 Å². The van der Waals surface area contributed by atoms with Gasteiger partial charge in [0.1, 0.15) is 18.1 Å². The number of nitrogens with zero attached hydrogens (tertiary/aromatic N) is 3. The van der Waals surface area contributed by atoms with Crippen molar-refractivity contribution in [3.05, 3.63) is 59.9 Å². The van der Waals surface area contributed by atoms with Gasteiger partial charge in [0, 0.05) is 11.3 Å². The third kappa shape index (κ3) is 3.85. The van der Waals surface area contributed by atoms with Crippen LogP contribution in [0.4, 0.5) is 5.69 Å². The molecule has 6 heteroatoms. The second-order valence-corrected chi connectivity index (χ2v) is 5.73. The Morgan fingerprint density at radius 3 is 2.52 bits per heavy atom. The Morgan fingerprint density at radius 2 is 1.84 bits per heavy atom. The Balaban J connectivity index is 1.78. The minimum absolute atomic E-state index is 0.0938. The molecular weight excluding hydrogens is 316 g/mol. The summed E-state index contributed by atoms with van der Waals surface area (Å²) in [7, 11) is 1.60. The number of amides is 1. The van der Waals surface area contributed by atoms with Crippen molar-refractivity contribution in [1.29, 1.82) is 0 Å². The molecule has 1 heterocycles. The molecule has 0 saturated heterocycles. The highest BCUT2D eigenvalue weighted by Crippen LogP contribution is 2.21. The molecular formula is C19H20N4O2. The predicted octanol–water partition coefficient (Wildman–Crippen LogP) is 3.21. The van der Waals surface area contributed by atoms with E-state index in [1.165, 1.54) is 0 Å². The number of nitrogens with one attached hydrogen (secondary N) is 1. The Bertz CT molecular complexity index is 885. The van der Waals surface area contributed by atoms with Crippen LogP contribution in [0.3, 0.4) is 0 Å². The zero-order valence-electron chi connectivity index (χ0n) is 14.5. The van der Waals surface area contributed by atoms with E-state index in [0.717, 1.165) is 16.9 Å². The van der Waals surface area contributed by atoms with Crippen LogP contribution in [-0.4, -0.2) is 27.8 Å². The molecule has 0 fully saturated rings. The summed E-state index contributed by atoms with van der Waals surface area (Å²) in [5, 5.41) is 7.22. The largest absolute Gasteiger partial charge is 0.497 e. The highest BCUT2D eigenvalue weighted by Gasteiger charge is 2.14. The van der Waals surface area contributed by atoms with Gasteiger partial charge in [0.2, 0.25) is 5.91 Å². The van der Waals surface area contributed by atoms with Crippen LogP contribution in [-0.2, 0) is 11.3 Å². The first kappa shape index (κ1) is 16.7. The number of carbonyl (C=O) groups excluding carboxylic acids is 1. The summed E-state index contributed by atoms with van der Waals surface area (Å²) >= 11 is 0. The molecule has 3 aromatic rings. The normalized spacial score (nSPS) is 10.5. The van der Waals surface area contributed by atoms with E-state index in [2.05, 4.69) is 15.4 Å². The van der Waals surface area contributed by atoms with Crippen LogP contribution >= 0.6 is 0 Å². The number of ether oxygens (including phenoxy) is 1. The molecule has 25 heavy (non-hydrogen) atoms. The van der Waals surface area contributed by atoms with Crippen molar-refractivity contribution in [3.63, 3.8) is 0 Å². The van der Waals surface area contributed by atoms with Crippen LogP contribution < -0.4 is 10.1 Å². The molecule has 128 valence electrons. The maximum Gasteiger partial charge on any atom is 0.246 e. The Morgan fingerprint density at radius 1 is 1.12 bits per heavy atom. The van der Waals surface area contributed by atoms with Crippen LogP contribution in [0.2, 0.25) is 0 Å². The van der Waals surface area contributed by atoms with Crippen molar-refractivity contribution in [2.24, 2.45) is 0 Å². The summed E-state index contributed by atoms with van der Waals surface area (Å²) in [4.78, 5) is 16.9. The molecule has 0 unspecified atom stereocenters. The van der Waals surface area contributed by atoms with E-state index < -0.39 is 0 Å². The van der Waals surface area contributed by atoms with Gasteiger partial charge in [-0.25, -0.2) is 9.67 Å². The zero-order chi connectivity index (χ0) is 17.8. The number of carbonyl (C=O) groups is 1. The molecule has 0 radical (unpaired) electrons. The Labute approximate surface area is 146 Å². The van der Waals surface area contributed by atoms with E-state index in [-0.39, 0.29) is 12.5 Å². The smallest absolute Gasteiger partial charge is 0.246 e. The molecule has 0 aliphatic heterocycles. The fourth-order valence-corrected chi connectivity index (χ4v) is 2.60. The third-order valence-electron chi connectivity index (χ3n) is 3.83. The first-order valence-electron chi connectivity index (χ1n) is 7.98. The molecule has 1 amide bonds. The van der Waals surface area contributed by atoms with Gasteiger partial charge in [-0.1, -0.05) is 24.3 Å². The van der Waals surface area contributed by atoms with E-state index in [0.29, 0.717) is 17.3 Å². The van der Waals surface area contributed by atoms with Crippen molar-refractivity contribution in [1.82, 2.24) is 14.8 Å². The summed E-state index contributed by atoms with van der Waals surface area (Å²) < 4.78 is 6.75. The van der Waals surface area contributed by atoms with Crippen LogP contribution in [0.1, 0.15) is 11.4 Å². The molecule has 0 spiro atoms. The SMILES string of the molecule is COc1ccc(NC(=O)Cn2nc(C)nc2-c2ccccc2C)cc1. The lowest BCUT2D eigenvalue weighted by Gasteiger charge is -2.09. The standard InChI is InChI=1S/C19H20N4O2/c1-13-6-4-5-7-17(13)19-20-14(2)22-23(19)12-18(24)21-15-8-10-16(25-3)11-9-15/h4-11H,12H2,1-3H3,(H,21,24). The molecule has 0 saturated carbocycles. The van der Waals surface area contributed by atoms with Gasteiger partial charge < -0.3 is 10.1 Å². The number of hydrogen-bond donors (Lipinski definition) is 1. The predicted molar refractivity (Wildman–Crippen MR) is 96.6 cm³/mol. The maximum absolute atomic E-state index is 12.4. The third-order valence-corrected chi connectivity index (χ3v) is 3.83. The lowest BCUT2D eigenvalue weighted by molar-refractivity contribution is -0.116. The zero-order valence-corrected chi connectivity index (χ0v) is 14.5. The molecule has 3 rings (SSSR count). The van der Waals surface area contributed by atoms with E-state index in [1.807, 2.05) is 38.1 Å². The quantitative estimate of drug-likeness (QED) is 0.777. The Hall–Kier alpha value is -3.15. The van der Waals surface area contributed by atoms with Gasteiger partial charge in [0.15, 0.2) is 5.82 Å². The molecule has 0 bridgehead atoms. The molecule has 1 N–H and O–H groups in total. The van der Waals surface area contributed by atoms with Crippen molar-refractivity contribution in [2.45, 2.75) is 20.4 Å². The van der Waals surface area contributed by atoms with Crippen molar-refractivity contribution in [3.8, 4) is 17.1 Å². The molecule has 0 aliphatic rings. The Kier molecular flexibility index (Phi) is 4.79. The minimum atomic E-state index is -0.162. The fourth-order valence-electron chi connectivity index (χ4n) is 2.60. The summed E-state index contributed by atoms with van der Waals surface area (Å²) in [6.45, 7) is 3.93. The number of methoxy groups -OCH3 is 1. The first-order chi connectivity index (χ1) is 12.1. The summed E-state index contributed by atoms with van der Waals surface area (Å²) in [6, 6.07) is 15.1. The summed E-state index contributed by atoms with van der Waals surface area (Å²) in [6.07, 6.45) is 0. The second kappa shape index (κ2) is 7.17. The summed E-state index contributed by atoms with van der Waals surface area (Å²) in [5.41, 5.74) is 2.77. The topological polar surface area (TPSA) is 69.0 Å². The lowest BCUT2D eigenvalue weighted by Crippen LogP contribution is -2.20. The first-order valence-corrected chi connectivity index (χ1v) is 7.98. The van der Waals surface area contributed by atoms with Crippen LogP contribution in [0.5, 0.6) is 5.75 Å². The highest BCUT2D eigenvalue weighted by molar-refractivity contribution is 5.90. The van der Waals surface area contributed by atoms with E-state index in [4.69, 9.17) is 4.74 Å². The number of rotatable bonds is 5. The lowest BCUT2D eigenvalue weighted by atomic mass is 10.1. The molecule has 6 nitrogen and oxygen atoms in total. The number of aromatic nitrogens is 3. The number of aryl methyl sites for hydroxylation is 2. The van der Waals surface area contributed by atoms with E-state index in [9.17, 15) is 4.79 Å². The van der Waals surface area contributed by atoms with Crippen LogP contribution in [0.25, 0.3) is 11.4 Å². The number of anilines is 1. The molecule has 2 aromatic carbocycles. The van der Waals surface area contributed by atoms with Gasteiger partial charge in [-0.15, -0.1) is 0 Å². The van der Waals surface area contributed by atoms with Gasteiger partial charge >= 0.3 is 0 Å². The van der Waals surface area contributed by atoms with Crippen LogP contribution in [0.15, 0.2) is 48.5 Å². The average Bonchev–Trinajstić information content (AvgIpc) is 2.96. The van der Waals surface area contributed by atoms with Gasteiger partial charge in [0.25, 0.3) is 0 Å². The van der Waals surface area contributed by atoms with Crippen molar-refractivity contribution in [2.75, 3.05) is 12.4 Å². The van der Waals surface area contributed by atoms with Gasteiger partial charge in [-0.05, 0) is 43.7 Å². The van der Waals surface area contributed by atoms with Gasteiger partial charge in [-0.2, -0.15) is 5.10 Å². The minimum Gasteiger partial charge on any atom is -0.497 e.